The van der Waals surface area contributed by atoms with Crippen LogP contribution < -0.4 is 4.72 Å². The van der Waals surface area contributed by atoms with Crippen LogP contribution in [0.5, 0.6) is 0 Å². The number of hydrogen-bond donors (Lipinski definition) is 1. The predicted molar refractivity (Wildman–Crippen MR) is 66.6 cm³/mol. The number of sulfonamides is 1. The van der Waals surface area contributed by atoms with Gasteiger partial charge in [0.2, 0.25) is 0 Å². The molecule has 1 atom stereocenters. The fraction of sp³-hybridized carbons (Fsp3) is 0.625. The number of hydrogen-bond acceptors (Lipinski definition) is 5. The van der Waals surface area contributed by atoms with E-state index in [4.69, 9.17) is 4.74 Å². The number of halogens is 1. The smallest absolute Gasteiger partial charge is 0.251 e. The SMILES string of the molecule is COCC(Br)CNS(=O)(=O)c1cnc(C)s1. The van der Waals surface area contributed by atoms with Crippen LogP contribution in [0.1, 0.15) is 5.01 Å². The van der Waals surface area contributed by atoms with E-state index >= 15 is 0 Å². The molecule has 0 aromatic carbocycles. The van der Waals surface area contributed by atoms with Gasteiger partial charge in [-0.25, -0.2) is 18.1 Å². The summed E-state index contributed by atoms with van der Waals surface area (Å²) < 4.78 is 31.1. The van der Waals surface area contributed by atoms with Crippen LogP contribution in [0.4, 0.5) is 0 Å². The molecule has 1 aromatic heterocycles. The number of nitrogens with zero attached hydrogens (tertiary/aromatic N) is 1. The summed E-state index contributed by atoms with van der Waals surface area (Å²) in [6.07, 6.45) is 1.36. The van der Waals surface area contributed by atoms with Crippen molar-refractivity contribution in [2.75, 3.05) is 20.3 Å². The minimum Gasteiger partial charge on any atom is -0.383 e. The first-order chi connectivity index (χ1) is 7.45. The van der Waals surface area contributed by atoms with Crippen molar-refractivity contribution in [1.29, 1.82) is 0 Å². The zero-order valence-electron chi connectivity index (χ0n) is 8.94. The number of alkyl halides is 1. The topological polar surface area (TPSA) is 68.3 Å². The van der Waals surface area contributed by atoms with Crippen molar-refractivity contribution in [2.24, 2.45) is 0 Å². The number of rotatable bonds is 6. The predicted octanol–water partition coefficient (Wildman–Crippen LogP) is 1.14. The fourth-order valence-corrected chi connectivity index (χ4v) is 3.85. The molecule has 5 nitrogen and oxygen atoms in total. The normalized spacial score (nSPS) is 13.9. The third-order valence-electron chi connectivity index (χ3n) is 1.71. The first-order valence-corrected chi connectivity index (χ1v) is 7.72. The Morgan fingerprint density at radius 3 is 2.88 bits per heavy atom. The first-order valence-electron chi connectivity index (χ1n) is 4.51. The van der Waals surface area contributed by atoms with Crippen molar-refractivity contribution in [3.8, 4) is 0 Å². The molecule has 1 N–H and O–H groups in total. The zero-order chi connectivity index (χ0) is 12.2. The molecule has 0 bridgehead atoms. The maximum Gasteiger partial charge on any atom is 0.251 e. The third kappa shape index (κ3) is 4.10. The maximum absolute atomic E-state index is 11.8. The van der Waals surface area contributed by atoms with Crippen LogP contribution in [0.2, 0.25) is 0 Å². The van der Waals surface area contributed by atoms with Crippen LogP contribution in [0, 0.1) is 6.92 Å². The molecule has 92 valence electrons. The second-order valence-corrected chi connectivity index (χ2v) is 7.63. The summed E-state index contributed by atoms with van der Waals surface area (Å²) in [4.78, 5) is 3.87. The number of aryl methyl sites for hydroxylation is 1. The van der Waals surface area contributed by atoms with Gasteiger partial charge >= 0.3 is 0 Å². The lowest BCUT2D eigenvalue weighted by Crippen LogP contribution is -2.31. The lowest BCUT2D eigenvalue weighted by atomic mass is 10.5. The summed E-state index contributed by atoms with van der Waals surface area (Å²) in [5.74, 6) is 0. The average Bonchev–Trinajstić information content (AvgIpc) is 2.63. The van der Waals surface area contributed by atoms with Gasteiger partial charge in [0.1, 0.15) is 0 Å². The lowest BCUT2D eigenvalue weighted by molar-refractivity contribution is 0.201. The van der Waals surface area contributed by atoms with Gasteiger partial charge in [0, 0.05) is 13.7 Å². The van der Waals surface area contributed by atoms with Crippen molar-refractivity contribution in [2.45, 2.75) is 16.0 Å². The van der Waals surface area contributed by atoms with Gasteiger partial charge in [-0.3, -0.25) is 0 Å². The van der Waals surface area contributed by atoms with Crippen LogP contribution >= 0.6 is 27.3 Å². The molecule has 8 heteroatoms. The van der Waals surface area contributed by atoms with E-state index in [-0.39, 0.29) is 15.6 Å². The van der Waals surface area contributed by atoms with E-state index < -0.39 is 10.0 Å². The van der Waals surface area contributed by atoms with Crippen LogP contribution in [0.15, 0.2) is 10.4 Å². The highest BCUT2D eigenvalue weighted by molar-refractivity contribution is 9.09. The standard InChI is InChI=1S/C8H13BrN2O3S2/c1-6-10-4-8(15-6)16(12,13)11-3-7(9)5-14-2/h4,7,11H,3,5H2,1-2H3. The largest absolute Gasteiger partial charge is 0.383 e. The number of aromatic nitrogens is 1. The van der Waals surface area contributed by atoms with Crippen LogP contribution in [0.25, 0.3) is 0 Å². The Balaban J connectivity index is 2.59. The Labute approximate surface area is 107 Å². The molecule has 1 heterocycles. The van der Waals surface area contributed by atoms with E-state index in [1.165, 1.54) is 6.20 Å². The molecule has 1 aromatic rings. The molecule has 0 saturated heterocycles. The van der Waals surface area contributed by atoms with E-state index in [0.29, 0.717) is 6.61 Å². The summed E-state index contributed by atoms with van der Waals surface area (Å²) in [6, 6.07) is 0. The van der Waals surface area contributed by atoms with Gasteiger partial charge in [-0.2, -0.15) is 0 Å². The van der Waals surface area contributed by atoms with Crippen molar-refractivity contribution in [1.82, 2.24) is 9.71 Å². The molecule has 0 aliphatic heterocycles. The van der Waals surface area contributed by atoms with Crippen LogP contribution in [0.3, 0.4) is 0 Å². The third-order valence-corrected chi connectivity index (χ3v) is 5.09. The minimum atomic E-state index is -3.43. The number of methoxy groups -OCH3 is 1. The number of thiazole rings is 1. The Hall–Kier alpha value is -0.0200. The van der Waals surface area contributed by atoms with Gasteiger partial charge in [-0.05, 0) is 6.92 Å². The highest BCUT2D eigenvalue weighted by Gasteiger charge is 2.18. The van der Waals surface area contributed by atoms with E-state index in [1.54, 1.807) is 14.0 Å². The minimum absolute atomic E-state index is 0.0405. The summed E-state index contributed by atoms with van der Waals surface area (Å²) in [7, 11) is -1.87. The molecular weight excluding hydrogens is 316 g/mol. The molecule has 0 radical (unpaired) electrons. The Morgan fingerprint density at radius 1 is 1.69 bits per heavy atom. The Kier molecular flexibility index (Phi) is 5.32. The van der Waals surface area contributed by atoms with Crippen molar-refractivity contribution < 1.29 is 13.2 Å². The summed E-state index contributed by atoms with van der Waals surface area (Å²) in [5.41, 5.74) is 0. The number of ether oxygens (including phenoxy) is 1. The zero-order valence-corrected chi connectivity index (χ0v) is 12.2. The Bertz CT molecular complexity index is 432. The van der Waals surface area contributed by atoms with Gasteiger partial charge in [0.15, 0.2) is 4.21 Å². The first kappa shape index (κ1) is 14.0. The molecule has 1 rings (SSSR count). The van der Waals surface area contributed by atoms with Gasteiger partial charge in [-0.15, -0.1) is 11.3 Å². The molecular formula is C8H13BrN2O3S2. The second kappa shape index (κ2) is 6.06. The van der Waals surface area contributed by atoms with E-state index in [2.05, 4.69) is 25.6 Å². The van der Waals surface area contributed by atoms with Crippen LogP contribution in [-0.4, -0.2) is 38.5 Å². The molecule has 0 fully saturated rings. The highest BCUT2D eigenvalue weighted by atomic mass is 79.9. The van der Waals surface area contributed by atoms with Crippen LogP contribution in [-0.2, 0) is 14.8 Å². The summed E-state index contributed by atoms with van der Waals surface area (Å²) in [6.45, 7) is 2.50. The average molecular weight is 329 g/mol. The molecule has 16 heavy (non-hydrogen) atoms. The summed E-state index contributed by atoms with van der Waals surface area (Å²) in [5, 5.41) is 0.729. The Morgan fingerprint density at radius 2 is 2.38 bits per heavy atom. The molecule has 0 spiro atoms. The van der Waals surface area contributed by atoms with E-state index in [1.807, 2.05) is 0 Å². The molecule has 0 aliphatic carbocycles. The van der Waals surface area contributed by atoms with E-state index in [9.17, 15) is 8.42 Å². The maximum atomic E-state index is 11.8. The molecule has 0 amide bonds. The lowest BCUT2D eigenvalue weighted by Gasteiger charge is -2.09. The van der Waals surface area contributed by atoms with Gasteiger partial charge < -0.3 is 4.74 Å². The summed E-state index contributed by atoms with van der Waals surface area (Å²) >= 11 is 4.46. The van der Waals surface area contributed by atoms with Crippen molar-refractivity contribution in [3.63, 3.8) is 0 Å². The van der Waals surface area contributed by atoms with Gasteiger partial charge in [-0.1, -0.05) is 15.9 Å². The highest BCUT2D eigenvalue weighted by Crippen LogP contribution is 2.17. The molecule has 0 saturated carbocycles. The van der Waals surface area contributed by atoms with Crippen molar-refractivity contribution in [3.05, 3.63) is 11.2 Å². The van der Waals surface area contributed by atoms with Gasteiger partial charge in [0.05, 0.1) is 22.6 Å². The molecule has 1 unspecified atom stereocenters. The second-order valence-electron chi connectivity index (χ2n) is 3.10. The van der Waals surface area contributed by atoms with Gasteiger partial charge in [0.25, 0.3) is 10.0 Å². The van der Waals surface area contributed by atoms with Crippen molar-refractivity contribution >= 4 is 37.3 Å². The monoisotopic (exact) mass is 328 g/mol. The van der Waals surface area contributed by atoms with E-state index in [0.717, 1.165) is 16.3 Å². The quantitative estimate of drug-likeness (QED) is 0.795. The molecule has 0 aliphatic rings. The fourth-order valence-electron chi connectivity index (χ4n) is 0.977. The number of nitrogens with one attached hydrogen (secondary N) is 1.